The predicted molar refractivity (Wildman–Crippen MR) is 74.7 cm³/mol. The summed E-state index contributed by atoms with van der Waals surface area (Å²) in [6.07, 6.45) is 3.79. The molecule has 0 aliphatic carbocycles. The molecule has 1 aromatic carbocycles. The number of nitrogens with one attached hydrogen (secondary N) is 1. The number of hydrogen-bond acceptors (Lipinski definition) is 4. The Hall–Kier alpha value is -2.89. The van der Waals surface area contributed by atoms with Crippen molar-refractivity contribution >= 4 is 17.6 Å². The quantitative estimate of drug-likeness (QED) is 0.903. The third-order valence-electron chi connectivity index (χ3n) is 3.21. The van der Waals surface area contributed by atoms with Crippen LogP contribution in [0, 0.1) is 0 Å². The van der Waals surface area contributed by atoms with Crippen LogP contribution in [0.15, 0.2) is 36.7 Å². The van der Waals surface area contributed by atoms with Gasteiger partial charge in [-0.05, 0) is 30.2 Å². The number of aryl methyl sites for hydroxylation is 1. The number of rotatable bonds is 3. The summed E-state index contributed by atoms with van der Waals surface area (Å²) >= 11 is 0. The molecule has 1 aliphatic rings. The molecule has 2 aromatic rings. The molecule has 21 heavy (non-hydrogen) atoms. The average molecular weight is 284 g/mol. The zero-order valence-corrected chi connectivity index (χ0v) is 11.0. The lowest BCUT2D eigenvalue weighted by Gasteiger charge is -2.17. The van der Waals surface area contributed by atoms with E-state index in [1.165, 1.54) is 18.5 Å². The van der Waals surface area contributed by atoms with Crippen LogP contribution in [0.4, 0.5) is 5.69 Å². The smallest absolute Gasteiger partial charge is 0.341 e. The van der Waals surface area contributed by atoms with E-state index in [0.29, 0.717) is 18.6 Å². The maximum atomic E-state index is 11.3. The molecular weight excluding hydrogens is 272 g/mol. The summed E-state index contributed by atoms with van der Waals surface area (Å²) in [4.78, 5) is 26.2. The molecule has 0 fully saturated rings. The number of nitrogens with zero attached hydrogens (tertiary/aromatic N) is 1. The lowest BCUT2D eigenvalue weighted by Crippen LogP contribution is -2.18. The molecule has 0 unspecified atom stereocenters. The number of carboxylic acids is 1. The van der Waals surface area contributed by atoms with Gasteiger partial charge in [-0.25, -0.2) is 4.79 Å². The van der Waals surface area contributed by atoms with Crippen LogP contribution < -0.4 is 10.1 Å². The van der Waals surface area contributed by atoms with E-state index < -0.39 is 5.97 Å². The number of pyridine rings is 1. The van der Waals surface area contributed by atoms with E-state index in [1.54, 1.807) is 18.2 Å². The summed E-state index contributed by atoms with van der Waals surface area (Å²) in [5.41, 5.74) is 1.74. The summed E-state index contributed by atoms with van der Waals surface area (Å²) in [7, 11) is 0. The summed E-state index contributed by atoms with van der Waals surface area (Å²) in [5, 5.41) is 11.9. The van der Waals surface area contributed by atoms with Crippen LogP contribution in [-0.2, 0) is 11.2 Å². The zero-order chi connectivity index (χ0) is 14.8. The highest BCUT2D eigenvalue weighted by Crippen LogP contribution is 2.30. The SMILES string of the molecule is O=C1CCc2cc(Oc3ccncc3C(=O)O)ccc2N1. The first-order valence-electron chi connectivity index (χ1n) is 6.41. The fourth-order valence-corrected chi connectivity index (χ4v) is 2.18. The number of anilines is 1. The predicted octanol–water partition coefficient (Wildman–Crippen LogP) is 2.46. The minimum Gasteiger partial charge on any atom is -0.477 e. The Labute approximate surface area is 120 Å². The van der Waals surface area contributed by atoms with Crippen LogP contribution in [0.25, 0.3) is 0 Å². The molecule has 2 N–H and O–H groups in total. The molecule has 6 nitrogen and oxygen atoms in total. The highest BCUT2D eigenvalue weighted by Gasteiger charge is 2.16. The first-order chi connectivity index (χ1) is 10.1. The largest absolute Gasteiger partial charge is 0.477 e. The summed E-state index contributed by atoms with van der Waals surface area (Å²) < 4.78 is 5.63. The van der Waals surface area contributed by atoms with Gasteiger partial charge >= 0.3 is 5.97 Å². The van der Waals surface area contributed by atoms with Crippen LogP contribution >= 0.6 is 0 Å². The molecule has 2 heterocycles. The molecule has 6 heteroatoms. The van der Waals surface area contributed by atoms with Crippen molar-refractivity contribution in [1.29, 1.82) is 0 Å². The number of amides is 1. The van der Waals surface area contributed by atoms with Crippen molar-refractivity contribution in [2.45, 2.75) is 12.8 Å². The summed E-state index contributed by atoms with van der Waals surface area (Å²) in [6, 6.07) is 6.76. The van der Waals surface area contributed by atoms with Gasteiger partial charge in [-0.15, -0.1) is 0 Å². The molecule has 0 spiro atoms. The van der Waals surface area contributed by atoms with Crippen molar-refractivity contribution in [2.24, 2.45) is 0 Å². The first kappa shape index (κ1) is 13.1. The van der Waals surface area contributed by atoms with E-state index in [0.717, 1.165) is 11.3 Å². The third kappa shape index (κ3) is 2.69. The van der Waals surface area contributed by atoms with Crippen molar-refractivity contribution in [3.8, 4) is 11.5 Å². The fourth-order valence-electron chi connectivity index (χ4n) is 2.18. The Morgan fingerprint density at radius 1 is 1.29 bits per heavy atom. The van der Waals surface area contributed by atoms with Crippen molar-refractivity contribution < 1.29 is 19.4 Å². The molecule has 1 amide bonds. The number of carboxylic acid groups (broad SMARTS) is 1. The van der Waals surface area contributed by atoms with Gasteiger partial charge in [0.15, 0.2) is 0 Å². The molecule has 1 aromatic heterocycles. The van der Waals surface area contributed by atoms with Gasteiger partial charge in [0.1, 0.15) is 17.1 Å². The van der Waals surface area contributed by atoms with Gasteiger partial charge in [-0.1, -0.05) is 0 Å². The van der Waals surface area contributed by atoms with Crippen molar-refractivity contribution in [3.05, 3.63) is 47.8 Å². The second-order valence-corrected chi connectivity index (χ2v) is 4.65. The third-order valence-corrected chi connectivity index (χ3v) is 3.21. The lowest BCUT2D eigenvalue weighted by atomic mass is 10.0. The maximum Gasteiger partial charge on any atom is 0.341 e. The van der Waals surface area contributed by atoms with E-state index in [2.05, 4.69) is 10.3 Å². The number of fused-ring (bicyclic) bond motifs is 1. The topological polar surface area (TPSA) is 88.5 Å². The summed E-state index contributed by atoms with van der Waals surface area (Å²) in [5.74, 6) is -0.335. The van der Waals surface area contributed by atoms with Crippen LogP contribution in [0.3, 0.4) is 0 Å². The van der Waals surface area contributed by atoms with E-state index in [9.17, 15) is 9.59 Å². The monoisotopic (exact) mass is 284 g/mol. The highest BCUT2D eigenvalue weighted by atomic mass is 16.5. The molecule has 0 bridgehead atoms. The number of ether oxygens (including phenoxy) is 1. The molecule has 3 rings (SSSR count). The lowest BCUT2D eigenvalue weighted by molar-refractivity contribution is -0.116. The zero-order valence-electron chi connectivity index (χ0n) is 11.0. The number of hydrogen-bond donors (Lipinski definition) is 2. The van der Waals surface area contributed by atoms with Gasteiger partial charge in [-0.2, -0.15) is 0 Å². The Morgan fingerprint density at radius 2 is 2.14 bits per heavy atom. The molecule has 0 radical (unpaired) electrons. The standard InChI is InChI=1S/C15H12N2O4/c18-14-4-1-9-7-10(2-3-12(9)17-14)21-13-5-6-16-8-11(13)15(19)20/h2-3,5-8H,1,4H2,(H,17,18)(H,19,20). The normalized spacial score (nSPS) is 13.2. The fraction of sp³-hybridized carbons (Fsp3) is 0.133. The second kappa shape index (κ2) is 5.24. The summed E-state index contributed by atoms with van der Waals surface area (Å²) in [6.45, 7) is 0. The highest BCUT2D eigenvalue weighted by molar-refractivity contribution is 5.94. The Morgan fingerprint density at radius 3 is 2.95 bits per heavy atom. The number of benzene rings is 1. The minimum atomic E-state index is -1.09. The molecule has 106 valence electrons. The van der Waals surface area contributed by atoms with Crippen molar-refractivity contribution in [2.75, 3.05) is 5.32 Å². The van der Waals surface area contributed by atoms with Crippen LogP contribution in [-0.4, -0.2) is 22.0 Å². The average Bonchev–Trinajstić information content (AvgIpc) is 2.48. The van der Waals surface area contributed by atoms with E-state index >= 15 is 0 Å². The first-order valence-corrected chi connectivity index (χ1v) is 6.41. The molecular formula is C15H12N2O4. The van der Waals surface area contributed by atoms with Gasteiger partial charge in [0, 0.05) is 30.6 Å². The van der Waals surface area contributed by atoms with Crippen LogP contribution in [0.2, 0.25) is 0 Å². The van der Waals surface area contributed by atoms with Gasteiger partial charge < -0.3 is 15.2 Å². The molecule has 1 aliphatic heterocycles. The van der Waals surface area contributed by atoms with Gasteiger partial charge in [0.05, 0.1) is 0 Å². The maximum absolute atomic E-state index is 11.3. The van der Waals surface area contributed by atoms with E-state index in [4.69, 9.17) is 9.84 Å². The van der Waals surface area contributed by atoms with Crippen LogP contribution in [0.5, 0.6) is 11.5 Å². The molecule has 0 atom stereocenters. The van der Waals surface area contributed by atoms with Crippen molar-refractivity contribution in [3.63, 3.8) is 0 Å². The Kier molecular flexibility index (Phi) is 3.27. The van der Waals surface area contributed by atoms with Gasteiger partial charge in [0.25, 0.3) is 0 Å². The number of aromatic carboxylic acids is 1. The van der Waals surface area contributed by atoms with Crippen LogP contribution in [0.1, 0.15) is 22.3 Å². The van der Waals surface area contributed by atoms with E-state index in [-0.39, 0.29) is 17.2 Å². The molecule has 0 saturated heterocycles. The molecule has 0 saturated carbocycles. The van der Waals surface area contributed by atoms with Crippen molar-refractivity contribution in [1.82, 2.24) is 4.98 Å². The number of carbonyl (C=O) groups excluding carboxylic acids is 1. The second-order valence-electron chi connectivity index (χ2n) is 4.65. The number of carbonyl (C=O) groups is 2. The van der Waals surface area contributed by atoms with E-state index in [1.807, 2.05) is 0 Å². The van der Waals surface area contributed by atoms with Gasteiger partial charge in [-0.3, -0.25) is 9.78 Å². The van der Waals surface area contributed by atoms with Gasteiger partial charge in [0.2, 0.25) is 5.91 Å². The Bertz CT molecular complexity index is 727. The number of aromatic nitrogens is 1. The Balaban J connectivity index is 1.89. The minimum absolute atomic E-state index is 0.00142.